The minimum atomic E-state index is -1.18. The molecule has 6 heteroatoms. The molecular weight excluding hydrogens is 226 g/mol. The number of methoxy groups -OCH3 is 1. The number of aromatic hydroxyl groups is 1. The molecule has 0 saturated carbocycles. The molecule has 0 heterocycles. The molecule has 0 aliphatic heterocycles. The first-order valence-electron chi connectivity index (χ1n) is 4.86. The highest BCUT2D eigenvalue weighted by Gasteiger charge is 2.20. The van der Waals surface area contributed by atoms with Crippen molar-refractivity contribution in [1.82, 2.24) is 5.32 Å². The molecule has 1 amide bonds. The number of ether oxygens (including phenoxy) is 1. The lowest BCUT2D eigenvalue weighted by Crippen LogP contribution is -2.43. The highest BCUT2D eigenvalue weighted by atomic mass is 16.5. The van der Waals surface area contributed by atoms with Crippen LogP contribution in [0.15, 0.2) is 24.3 Å². The molecule has 6 nitrogen and oxygen atoms in total. The van der Waals surface area contributed by atoms with Gasteiger partial charge in [-0.25, -0.2) is 4.79 Å². The fourth-order valence-electron chi connectivity index (χ4n) is 1.23. The van der Waals surface area contributed by atoms with Crippen molar-refractivity contribution in [2.75, 3.05) is 13.7 Å². The van der Waals surface area contributed by atoms with Gasteiger partial charge in [-0.2, -0.15) is 0 Å². The van der Waals surface area contributed by atoms with Gasteiger partial charge < -0.3 is 20.3 Å². The minimum Gasteiger partial charge on any atom is -0.508 e. The summed E-state index contributed by atoms with van der Waals surface area (Å²) in [5, 5.41) is 20.3. The fourth-order valence-corrected chi connectivity index (χ4v) is 1.23. The van der Waals surface area contributed by atoms with Crippen molar-refractivity contribution >= 4 is 11.9 Å². The summed E-state index contributed by atoms with van der Waals surface area (Å²) < 4.78 is 4.68. The van der Waals surface area contributed by atoms with Gasteiger partial charge in [0.05, 0.1) is 6.61 Å². The maximum atomic E-state index is 11.6. The van der Waals surface area contributed by atoms with E-state index in [1.807, 2.05) is 0 Å². The normalized spacial score (nSPS) is 11.8. The summed E-state index contributed by atoms with van der Waals surface area (Å²) in [7, 11) is 1.34. The molecule has 0 fully saturated rings. The average Bonchev–Trinajstić information content (AvgIpc) is 2.28. The van der Waals surface area contributed by atoms with Gasteiger partial charge in [0.15, 0.2) is 6.04 Å². The van der Waals surface area contributed by atoms with E-state index >= 15 is 0 Å². The zero-order valence-electron chi connectivity index (χ0n) is 9.21. The predicted molar refractivity (Wildman–Crippen MR) is 58.9 cm³/mol. The summed E-state index contributed by atoms with van der Waals surface area (Å²) in [6, 6.07) is 4.52. The second-order valence-electron chi connectivity index (χ2n) is 3.37. The zero-order chi connectivity index (χ0) is 12.8. The lowest BCUT2D eigenvalue weighted by Gasteiger charge is -2.13. The van der Waals surface area contributed by atoms with Gasteiger partial charge in [0.1, 0.15) is 5.75 Å². The molecule has 0 radical (unpaired) electrons. The first kappa shape index (κ1) is 13.0. The van der Waals surface area contributed by atoms with Crippen LogP contribution in [-0.4, -0.2) is 41.8 Å². The first-order valence-corrected chi connectivity index (χ1v) is 4.86. The Balaban J connectivity index is 2.73. The van der Waals surface area contributed by atoms with E-state index in [9.17, 15) is 14.7 Å². The molecule has 1 aromatic carbocycles. The zero-order valence-corrected chi connectivity index (χ0v) is 9.21. The summed E-state index contributed by atoms with van der Waals surface area (Å²) >= 11 is 0. The van der Waals surface area contributed by atoms with E-state index in [1.54, 1.807) is 0 Å². The number of carboxylic acids is 1. The molecule has 3 N–H and O–H groups in total. The molecule has 17 heavy (non-hydrogen) atoms. The molecule has 0 spiro atoms. The van der Waals surface area contributed by atoms with Crippen LogP contribution in [0.25, 0.3) is 0 Å². The second kappa shape index (κ2) is 5.86. The van der Waals surface area contributed by atoms with Crippen LogP contribution in [-0.2, 0) is 9.53 Å². The van der Waals surface area contributed by atoms with Crippen molar-refractivity contribution in [3.05, 3.63) is 29.8 Å². The monoisotopic (exact) mass is 239 g/mol. The molecule has 0 aliphatic rings. The van der Waals surface area contributed by atoms with Gasteiger partial charge in [0.25, 0.3) is 5.91 Å². The topological polar surface area (TPSA) is 95.9 Å². The Labute approximate surface area is 97.8 Å². The summed E-state index contributed by atoms with van der Waals surface area (Å²) in [6.07, 6.45) is 0. The Morgan fingerprint density at radius 3 is 2.71 bits per heavy atom. The number of benzene rings is 1. The number of hydrogen-bond acceptors (Lipinski definition) is 4. The predicted octanol–water partition coefficient (Wildman–Crippen LogP) is 0.222. The Morgan fingerprint density at radius 1 is 1.47 bits per heavy atom. The van der Waals surface area contributed by atoms with Crippen molar-refractivity contribution in [3.63, 3.8) is 0 Å². The number of hydrogen-bond donors (Lipinski definition) is 3. The molecule has 92 valence electrons. The number of aliphatic carboxylic acids is 1. The van der Waals surface area contributed by atoms with Crippen molar-refractivity contribution in [3.8, 4) is 5.75 Å². The van der Waals surface area contributed by atoms with E-state index in [0.717, 1.165) is 0 Å². The van der Waals surface area contributed by atoms with Crippen molar-refractivity contribution in [2.45, 2.75) is 6.04 Å². The molecular formula is C11H13NO5. The third kappa shape index (κ3) is 3.76. The van der Waals surface area contributed by atoms with E-state index in [1.165, 1.54) is 31.4 Å². The van der Waals surface area contributed by atoms with Crippen LogP contribution >= 0.6 is 0 Å². The lowest BCUT2D eigenvalue weighted by atomic mass is 10.2. The van der Waals surface area contributed by atoms with E-state index in [-0.39, 0.29) is 17.9 Å². The van der Waals surface area contributed by atoms with Gasteiger partial charge in [0.2, 0.25) is 0 Å². The smallest absolute Gasteiger partial charge is 0.328 e. The summed E-state index contributed by atoms with van der Waals surface area (Å²) in [4.78, 5) is 22.4. The van der Waals surface area contributed by atoms with Crippen molar-refractivity contribution in [1.29, 1.82) is 0 Å². The summed E-state index contributed by atoms with van der Waals surface area (Å²) in [6.45, 7) is -0.125. The van der Waals surface area contributed by atoms with Crippen LogP contribution in [0.2, 0.25) is 0 Å². The van der Waals surface area contributed by atoms with E-state index in [4.69, 9.17) is 5.11 Å². The van der Waals surface area contributed by atoms with Gasteiger partial charge >= 0.3 is 5.97 Å². The van der Waals surface area contributed by atoms with Crippen molar-refractivity contribution < 1.29 is 24.5 Å². The molecule has 1 atom stereocenters. The molecule has 0 bridgehead atoms. The Kier molecular flexibility index (Phi) is 4.47. The maximum Gasteiger partial charge on any atom is 0.328 e. The van der Waals surface area contributed by atoms with Crippen LogP contribution in [0, 0.1) is 0 Å². The van der Waals surface area contributed by atoms with Gasteiger partial charge in [-0.3, -0.25) is 4.79 Å². The number of carboxylic acid groups (broad SMARTS) is 1. The maximum absolute atomic E-state index is 11.6. The van der Waals surface area contributed by atoms with E-state index < -0.39 is 17.9 Å². The average molecular weight is 239 g/mol. The SMILES string of the molecule is COCC(NC(=O)c1cccc(O)c1)C(=O)O. The van der Waals surface area contributed by atoms with Crippen LogP contribution in [0.3, 0.4) is 0 Å². The van der Waals surface area contributed by atoms with Crippen LogP contribution in [0.4, 0.5) is 0 Å². The first-order chi connectivity index (χ1) is 8.04. The van der Waals surface area contributed by atoms with Gasteiger partial charge in [0, 0.05) is 12.7 Å². The quantitative estimate of drug-likeness (QED) is 0.683. The summed E-state index contributed by atoms with van der Waals surface area (Å²) in [5.74, 6) is -1.82. The lowest BCUT2D eigenvalue weighted by molar-refractivity contribution is -0.140. The minimum absolute atomic E-state index is 0.0590. The molecule has 1 rings (SSSR count). The van der Waals surface area contributed by atoms with Gasteiger partial charge in [-0.05, 0) is 18.2 Å². The second-order valence-corrected chi connectivity index (χ2v) is 3.37. The highest BCUT2D eigenvalue weighted by molar-refractivity contribution is 5.96. The number of nitrogens with one attached hydrogen (secondary N) is 1. The molecule has 0 aromatic heterocycles. The number of phenolic OH excluding ortho intramolecular Hbond substituents is 1. The largest absolute Gasteiger partial charge is 0.508 e. The number of phenols is 1. The third-order valence-corrected chi connectivity index (χ3v) is 2.05. The number of amides is 1. The molecule has 0 saturated heterocycles. The fraction of sp³-hybridized carbons (Fsp3) is 0.273. The van der Waals surface area contributed by atoms with E-state index in [2.05, 4.69) is 10.1 Å². The standard InChI is InChI=1S/C11H13NO5/c1-17-6-9(11(15)16)12-10(14)7-3-2-4-8(13)5-7/h2-5,9,13H,6H2,1H3,(H,12,14)(H,15,16). The Bertz CT molecular complexity index is 418. The summed E-state index contributed by atoms with van der Waals surface area (Å²) in [5.41, 5.74) is 0.187. The number of rotatable bonds is 5. The highest BCUT2D eigenvalue weighted by Crippen LogP contribution is 2.10. The van der Waals surface area contributed by atoms with Crippen LogP contribution in [0.5, 0.6) is 5.75 Å². The Hall–Kier alpha value is -2.08. The van der Waals surface area contributed by atoms with Gasteiger partial charge in [-0.15, -0.1) is 0 Å². The van der Waals surface area contributed by atoms with E-state index in [0.29, 0.717) is 0 Å². The third-order valence-electron chi connectivity index (χ3n) is 2.05. The van der Waals surface area contributed by atoms with Crippen molar-refractivity contribution in [2.24, 2.45) is 0 Å². The Morgan fingerprint density at radius 2 is 2.18 bits per heavy atom. The number of carbonyl (C=O) groups is 2. The molecule has 0 aliphatic carbocycles. The van der Waals surface area contributed by atoms with Crippen LogP contribution < -0.4 is 5.32 Å². The van der Waals surface area contributed by atoms with Gasteiger partial charge in [-0.1, -0.05) is 6.07 Å². The van der Waals surface area contributed by atoms with Crippen LogP contribution in [0.1, 0.15) is 10.4 Å². The number of carbonyl (C=O) groups excluding carboxylic acids is 1. The molecule has 1 aromatic rings. The molecule has 1 unspecified atom stereocenters.